The number of amides is 2. The number of hydrogen-bond donors (Lipinski definition) is 3. The minimum absolute atomic E-state index is 0.113. The molecule has 0 aromatic carbocycles. The Kier molecular flexibility index (Phi) is 5.40. The molecule has 0 heterocycles. The normalized spacial score (nSPS) is 26.4. The van der Waals surface area contributed by atoms with Crippen molar-refractivity contribution in [3.8, 4) is 0 Å². The molecular weight excluding hydrogens is 236 g/mol. The van der Waals surface area contributed by atoms with Crippen molar-refractivity contribution in [2.75, 3.05) is 7.11 Å². The van der Waals surface area contributed by atoms with E-state index in [1.807, 2.05) is 0 Å². The molecule has 0 radical (unpaired) electrons. The SMILES string of the molecule is COC1CCC(NC(=O)NC(C)C(C)C(=O)O)C1. The molecule has 6 heteroatoms. The lowest BCUT2D eigenvalue weighted by Crippen LogP contribution is -2.47. The highest BCUT2D eigenvalue weighted by Crippen LogP contribution is 2.21. The molecule has 0 spiro atoms. The Hall–Kier alpha value is -1.30. The van der Waals surface area contributed by atoms with E-state index in [2.05, 4.69) is 10.6 Å². The van der Waals surface area contributed by atoms with Crippen LogP contribution in [0.25, 0.3) is 0 Å². The first-order valence-electron chi connectivity index (χ1n) is 6.26. The number of hydrogen-bond acceptors (Lipinski definition) is 3. The molecule has 4 unspecified atom stereocenters. The van der Waals surface area contributed by atoms with E-state index in [0.29, 0.717) is 0 Å². The van der Waals surface area contributed by atoms with Crippen LogP contribution in [0.4, 0.5) is 4.79 Å². The summed E-state index contributed by atoms with van der Waals surface area (Å²) in [6, 6.07) is -0.596. The van der Waals surface area contributed by atoms with Gasteiger partial charge < -0.3 is 20.5 Å². The average Bonchev–Trinajstić information content (AvgIpc) is 2.75. The number of carbonyl (C=O) groups excluding carboxylic acids is 1. The fraction of sp³-hybridized carbons (Fsp3) is 0.833. The Labute approximate surface area is 107 Å². The van der Waals surface area contributed by atoms with Crippen molar-refractivity contribution >= 4 is 12.0 Å². The van der Waals surface area contributed by atoms with Crippen LogP contribution in [0.15, 0.2) is 0 Å². The third kappa shape index (κ3) is 4.18. The second kappa shape index (κ2) is 6.58. The summed E-state index contributed by atoms with van der Waals surface area (Å²) in [4.78, 5) is 22.4. The lowest BCUT2D eigenvalue weighted by molar-refractivity contribution is -0.141. The molecule has 0 aromatic rings. The van der Waals surface area contributed by atoms with Gasteiger partial charge in [-0.1, -0.05) is 0 Å². The van der Waals surface area contributed by atoms with Crippen molar-refractivity contribution in [3.63, 3.8) is 0 Å². The highest BCUT2D eigenvalue weighted by Gasteiger charge is 2.27. The molecule has 0 saturated heterocycles. The number of carbonyl (C=O) groups is 2. The zero-order valence-corrected chi connectivity index (χ0v) is 11.1. The number of carboxylic acid groups (broad SMARTS) is 1. The third-order valence-electron chi connectivity index (χ3n) is 3.55. The highest BCUT2D eigenvalue weighted by molar-refractivity contribution is 5.76. The van der Waals surface area contributed by atoms with Crippen LogP contribution < -0.4 is 10.6 Å². The van der Waals surface area contributed by atoms with Gasteiger partial charge in [0.15, 0.2) is 0 Å². The molecule has 1 aliphatic rings. The molecule has 1 saturated carbocycles. The molecule has 0 aliphatic heterocycles. The Bertz CT molecular complexity index is 308. The molecule has 1 aliphatic carbocycles. The number of aliphatic carboxylic acids is 1. The van der Waals surface area contributed by atoms with Crippen LogP contribution in [0.3, 0.4) is 0 Å². The van der Waals surface area contributed by atoms with E-state index in [4.69, 9.17) is 9.84 Å². The van der Waals surface area contributed by atoms with Gasteiger partial charge >= 0.3 is 12.0 Å². The average molecular weight is 258 g/mol. The summed E-state index contributed by atoms with van der Waals surface area (Å²) >= 11 is 0. The number of methoxy groups -OCH3 is 1. The molecule has 0 aromatic heterocycles. The smallest absolute Gasteiger partial charge is 0.315 e. The van der Waals surface area contributed by atoms with E-state index in [9.17, 15) is 9.59 Å². The van der Waals surface area contributed by atoms with Crippen LogP contribution in [-0.4, -0.2) is 42.4 Å². The quantitative estimate of drug-likeness (QED) is 0.685. The maximum absolute atomic E-state index is 11.7. The number of rotatable bonds is 5. The maximum Gasteiger partial charge on any atom is 0.315 e. The van der Waals surface area contributed by atoms with Gasteiger partial charge in [-0.3, -0.25) is 4.79 Å². The summed E-state index contributed by atoms with van der Waals surface area (Å²) in [5.41, 5.74) is 0. The minimum Gasteiger partial charge on any atom is -0.481 e. The summed E-state index contributed by atoms with van der Waals surface area (Å²) < 4.78 is 5.22. The van der Waals surface area contributed by atoms with E-state index in [1.165, 1.54) is 0 Å². The molecule has 6 nitrogen and oxygen atoms in total. The fourth-order valence-electron chi connectivity index (χ4n) is 2.06. The molecule has 1 fully saturated rings. The molecule has 3 N–H and O–H groups in total. The summed E-state index contributed by atoms with van der Waals surface area (Å²) in [6.07, 6.45) is 2.87. The van der Waals surface area contributed by atoms with Gasteiger partial charge in [-0.25, -0.2) is 4.79 Å². The predicted octanol–water partition coefficient (Wildman–Crippen LogP) is 0.962. The Balaban J connectivity index is 2.31. The van der Waals surface area contributed by atoms with Gasteiger partial charge in [-0.05, 0) is 33.1 Å². The topological polar surface area (TPSA) is 87.7 Å². The third-order valence-corrected chi connectivity index (χ3v) is 3.55. The van der Waals surface area contributed by atoms with Crippen LogP contribution in [-0.2, 0) is 9.53 Å². The lowest BCUT2D eigenvalue weighted by Gasteiger charge is -2.20. The monoisotopic (exact) mass is 258 g/mol. The first-order chi connectivity index (χ1) is 8.43. The van der Waals surface area contributed by atoms with Crippen molar-refractivity contribution in [2.24, 2.45) is 5.92 Å². The number of carboxylic acids is 1. The van der Waals surface area contributed by atoms with Crippen LogP contribution in [0.1, 0.15) is 33.1 Å². The van der Waals surface area contributed by atoms with Crippen molar-refractivity contribution in [2.45, 2.75) is 51.3 Å². The van der Waals surface area contributed by atoms with Gasteiger partial charge in [-0.15, -0.1) is 0 Å². The molecule has 2 amide bonds. The van der Waals surface area contributed by atoms with Crippen LogP contribution in [0, 0.1) is 5.92 Å². The zero-order valence-electron chi connectivity index (χ0n) is 11.1. The summed E-state index contributed by atoms with van der Waals surface area (Å²) in [5.74, 6) is -1.52. The highest BCUT2D eigenvalue weighted by atomic mass is 16.5. The lowest BCUT2D eigenvalue weighted by atomic mass is 10.0. The fourth-order valence-corrected chi connectivity index (χ4v) is 2.06. The number of nitrogens with one attached hydrogen (secondary N) is 2. The van der Waals surface area contributed by atoms with Crippen molar-refractivity contribution in [3.05, 3.63) is 0 Å². The van der Waals surface area contributed by atoms with Crippen LogP contribution in [0.5, 0.6) is 0 Å². The van der Waals surface area contributed by atoms with Crippen molar-refractivity contribution in [1.82, 2.24) is 10.6 Å². The first-order valence-corrected chi connectivity index (χ1v) is 6.26. The van der Waals surface area contributed by atoms with Gasteiger partial charge in [0.1, 0.15) is 0 Å². The van der Waals surface area contributed by atoms with E-state index < -0.39 is 17.9 Å². The van der Waals surface area contributed by atoms with Crippen molar-refractivity contribution < 1.29 is 19.4 Å². The standard InChI is InChI=1S/C12H22N2O4/c1-7(11(15)16)8(2)13-12(17)14-9-4-5-10(6-9)18-3/h7-10H,4-6H2,1-3H3,(H,15,16)(H2,13,14,17). The Morgan fingerprint density at radius 1 is 1.33 bits per heavy atom. The van der Waals surface area contributed by atoms with Gasteiger partial charge in [0.25, 0.3) is 0 Å². The van der Waals surface area contributed by atoms with E-state index in [1.54, 1.807) is 21.0 Å². The van der Waals surface area contributed by atoms with Gasteiger partial charge in [-0.2, -0.15) is 0 Å². The van der Waals surface area contributed by atoms with Gasteiger partial charge in [0.2, 0.25) is 0 Å². The molecule has 18 heavy (non-hydrogen) atoms. The number of ether oxygens (including phenoxy) is 1. The van der Waals surface area contributed by atoms with E-state index >= 15 is 0 Å². The van der Waals surface area contributed by atoms with Crippen LogP contribution >= 0.6 is 0 Å². The summed E-state index contributed by atoms with van der Waals surface area (Å²) in [6.45, 7) is 3.26. The second-order valence-electron chi connectivity index (χ2n) is 4.90. The van der Waals surface area contributed by atoms with E-state index in [-0.39, 0.29) is 18.2 Å². The van der Waals surface area contributed by atoms with Crippen LogP contribution in [0.2, 0.25) is 0 Å². The van der Waals surface area contributed by atoms with Crippen molar-refractivity contribution in [1.29, 1.82) is 0 Å². The Morgan fingerprint density at radius 2 is 2.00 bits per heavy atom. The molecule has 1 rings (SSSR count). The van der Waals surface area contributed by atoms with E-state index in [0.717, 1.165) is 19.3 Å². The number of urea groups is 1. The maximum atomic E-state index is 11.7. The largest absolute Gasteiger partial charge is 0.481 e. The molecular formula is C12H22N2O4. The summed E-state index contributed by atoms with van der Waals surface area (Å²) in [7, 11) is 1.67. The first kappa shape index (κ1) is 14.8. The van der Waals surface area contributed by atoms with Gasteiger partial charge in [0.05, 0.1) is 12.0 Å². The Morgan fingerprint density at radius 3 is 2.50 bits per heavy atom. The molecule has 104 valence electrons. The second-order valence-corrected chi connectivity index (χ2v) is 4.90. The molecule has 4 atom stereocenters. The molecule has 0 bridgehead atoms. The van der Waals surface area contributed by atoms with Gasteiger partial charge in [0, 0.05) is 19.2 Å². The predicted molar refractivity (Wildman–Crippen MR) is 66.4 cm³/mol. The minimum atomic E-state index is -0.914. The summed E-state index contributed by atoms with van der Waals surface area (Å²) in [5, 5.41) is 14.3. The zero-order chi connectivity index (χ0) is 13.7.